The molecule has 0 aliphatic rings. The number of anilines is 1. The molecule has 4 heteroatoms. The summed E-state index contributed by atoms with van der Waals surface area (Å²) in [5.41, 5.74) is 3.60. The quantitative estimate of drug-likeness (QED) is 0.874. The van der Waals surface area contributed by atoms with Crippen molar-refractivity contribution in [1.82, 2.24) is 0 Å². The van der Waals surface area contributed by atoms with Crippen molar-refractivity contribution in [3.63, 3.8) is 0 Å². The zero-order valence-electron chi connectivity index (χ0n) is 14.1. The second kappa shape index (κ2) is 7.68. The number of carbonyl (C=O) groups is 1. The van der Waals surface area contributed by atoms with Crippen LogP contribution in [0.15, 0.2) is 36.4 Å². The van der Waals surface area contributed by atoms with E-state index in [1.165, 1.54) is 7.11 Å². The van der Waals surface area contributed by atoms with Crippen LogP contribution in [-0.2, 0) is 12.8 Å². The van der Waals surface area contributed by atoms with E-state index in [1.54, 1.807) is 25.3 Å². The number of carbonyl (C=O) groups excluding carboxylic acids is 1. The van der Waals surface area contributed by atoms with Crippen molar-refractivity contribution in [3.05, 3.63) is 53.1 Å². The van der Waals surface area contributed by atoms with Crippen molar-refractivity contribution < 1.29 is 14.3 Å². The Morgan fingerprint density at radius 1 is 0.957 bits per heavy atom. The van der Waals surface area contributed by atoms with Gasteiger partial charge in [-0.1, -0.05) is 38.1 Å². The average Bonchev–Trinajstić information content (AvgIpc) is 2.60. The summed E-state index contributed by atoms with van der Waals surface area (Å²) in [6.45, 7) is 4.16. The smallest absolute Gasteiger partial charge is 0.259 e. The summed E-state index contributed by atoms with van der Waals surface area (Å²) < 4.78 is 10.6. The molecule has 4 nitrogen and oxygen atoms in total. The molecule has 0 saturated heterocycles. The summed E-state index contributed by atoms with van der Waals surface area (Å²) in [5.74, 6) is 0.788. The third-order valence-corrected chi connectivity index (χ3v) is 3.88. The monoisotopic (exact) mass is 313 g/mol. The van der Waals surface area contributed by atoms with Crippen LogP contribution in [0.5, 0.6) is 11.5 Å². The molecule has 0 unspecified atom stereocenters. The van der Waals surface area contributed by atoms with Gasteiger partial charge in [0.15, 0.2) is 11.5 Å². The number of hydrogen-bond donors (Lipinski definition) is 1. The fourth-order valence-corrected chi connectivity index (χ4v) is 2.65. The van der Waals surface area contributed by atoms with Crippen LogP contribution in [-0.4, -0.2) is 20.1 Å². The van der Waals surface area contributed by atoms with Crippen LogP contribution in [0.25, 0.3) is 0 Å². The lowest BCUT2D eigenvalue weighted by Gasteiger charge is -2.16. The summed E-state index contributed by atoms with van der Waals surface area (Å²) in [6.07, 6.45) is 1.72. The van der Waals surface area contributed by atoms with Crippen molar-refractivity contribution in [2.45, 2.75) is 26.7 Å². The molecule has 0 atom stereocenters. The first kappa shape index (κ1) is 16.9. The van der Waals surface area contributed by atoms with E-state index in [9.17, 15) is 4.79 Å². The first-order valence-electron chi connectivity index (χ1n) is 7.79. The Kier molecular flexibility index (Phi) is 5.63. The summed E-state index contributed by atoms with van der Waals surface area (Å²) in [6, 6.07) is 11.4. The van der Waals surface area contributed by atoms with Crippen LogP contribution in [0.1, 0.15) is 35.3 Å². The number of rotatable bonds is 6. The van der Waals surface area contributed by atoms with Crippen LogP contribution >= 0.6 is 0 Å². The van der Waals surface area contributed by atoms with Crippen LogP contribution in [0, 0.1) is 0 Å². The number of para-hydroxylation sites is 2. The molecule has 0 heterocycles. The van der Waals surface area contributed by atoms with E-state index in [0.717, 1.165) is 29.7 Å². The van der Waals surface area contributed by atoms with E-state index >= 15 is 0 Å². The number of benzene rings is 2. The SMILES string of the molecule is CCc1cccc(CC)c1NC(=O)c1cccc(OC)c1OC. The highest BCUT2D eigenvalue weighted by Crippen LogP contribution is 2.32. The highest BCUT2D eigenvalue weighted by Gasteiger charge is 2.18. The normalized spacial score (nSPS) is 10.3. The van der Waals surface area contributed by atoms with Gasteiger partial charge in [0.1, 0.15) is 0 Å². The van der Waals surface area contributed by atoms with Gasteiger partial charge in [0.25, 0.3) is 5.91 Å². The number of aryl methyl sites for hydroxylation is 2. The highest BCUT2D eigenvalue weighted by molar-refractivity contribution is 6.07. The molecule has 122 valence electrons. The van der Waals surface area contributed by atoms with Gasteiger partial charge in [-0.3, -0.25) is 4.79 Å². The van der Waals surface area contributed by atoms with Crippen molar-refractivity contribution in [2.75, 3.05) is 19.5 Å². The van der Waals surface area contributed by atoms with Gasteiger partial charge in [-0.2, -0.15) is 0 Å². The highest BCUT2D eigenvalue weighted by atomic mass is 16.5. The topological polar surface area (TPSA) is 47.6 Å². The lowest BCUT2D eigenvalue weighted by molar-refractivity contribution is 0.102. The molecule has 0 spiro atoms. The lowest BCUT2D eigenvalue weighted by atomic mass is 10.0. The molecule has 0 saturated carbocycles. The molecule has 23 heavy (non-hydrogen) atoms. The molecule has 0 aliphatic heterocycles. The first-order chi connectivity index (χ1) is 11.2. The summed E-state index contributed by atoms with van der Waals surface area (Å²) >= 11 is 0. The Labute approximate surface area is 137 Å². The predicted octanol–water partition coefficient (Wildman–Crippen LogP) is 4.08. The summed E-state index contributed by atoms with van der Waals surface area (Å²) in [4.78, 5) is 12.8. The maximum Gasteiger partial charge on any atom is 0.259 e. The Hall–Kier alpha value is -2.49. The number of nitrogens with one attached hydrogen (secondary N) is 1. The fourth-order valence-electron chi connectivity index (χ4n) is 2.65. The van der Waals surface area contributed by atoms with Gasteiger partial charge >= 0.3 is 0 Å². The van der Waals surface area contributed by atoms with Gasteiger partial charge in [0.05, 0.1) is 19.8 Å². The van der Waals surface area contributed by atoms with E-state index in [4.69, 9.17) is 9.47 Å². The molecule has 0 bridgehead atoms. The molecule has 2 aromatic carbocycles. The van der Waals surface area contributed by atoms with Crippen LogP contribution < -0.4 is 14.8 Å². The zero-order valence-corrected chi connectivity index (χ0v) is 14.1. The van der Waals surface area contributed by atoms with Crippen molar-refractivity contribution in [1.29, 1.82) is 0 Å². The van der Waals surface area contributed by atoms with Crippen LogP contribution in [0.4, 0.5) is 5.69 Å². The largest absolute Gasteiger partial charge is 0.493 e. The third kappa shape index (κ3) is 3.47. The van der Waals surface area contributed by atoms with Crippen LogP contribution in [0.2, 0.25) is 0 Å². The predicted molar refractivity (Wildman–Crippen MR) is 92.7 cm³/mol. The van der Waals surface area contributed by atoms with Gasteiger partial charge in [0, 0.05) is 5.69 Å². The summed E-state index contributed by atoms with van der Waals surface area (Å²) in [5, 5.41) is 3.05. The maximum atomic E-state index is 12.8. The number of ether oxygens (including phenoxy) is 2. The standard InChI is InChI=1S/C19H23NO3/c1-5-13-9-7-10-14(6-2)17(13)20-19(21)15-11-8-12-16(22-3)18(15)23-4/h7-12H,5-6H2,1-4H3,(H,20,21). The van der Waals surface area contributed by atoms with Gasteiger partial charge in [-0.05, 0) is 36.1 Å². The van der Waals surface area contributed by atoms with Gasteiger partial charge in [0.2, 0.25) is 0 Å². The van der Waals surface area contributed by atoms with E-state index in [-0.39, 0.29) is 5.91 Å². The second-order valence-electron chi connectivity index (χ2n) is 5.15. The Balaban J connectivity index is 2.41. The minimum absolute atomic E-state index is 0.198. The van der Waals surface area contributed by atoms with E-state index in [1.807, 2.05) is 18.2 Å². The lowest BCUT2D eigenvalue weighted by Crippen LogP contribution is -2.16. The molecule has 2 rings (SSSR count). The second-order valence-corrected chi connectivity index (χ2v) is 5.15. The molecular formula is C19H23NO3. The van der Waals surface area contributed by atoms with Crippen molar-refractivity contribution >= 4 is 11.6 Å². The van der Waals surface area contributed by atoms with Gasteiger partial charge in [-0.15, -0.1) is 0 Å². The Bertz CT molecular complexity index is 673. The molecule has 0 aliphatic carbocycles. The fraction of sp³-hybridized carbons (Fsp3) is 0.316. The number of hydrogen-bond acceptors (Lipinski definition) is 3. The molecule has 1 N–H and O–H groups in total. The Morgan fingerprint density at radius 2 is 1.57 bits per heavy atom. The molecule has 0 radical (unpaired) electrons. The summed E-state index contributed by atoms with van der Waals surface area (Å²) in [7, 11) is 3.09. The van der Waals surface area contributed by atoms with E-state index < -0.39 is 0 Å². The van der Waals surface area contributed by atoms with E-state index in [0.29, 0.717) is 17.1 Å². The van der Waals surface area contributed by atoms with Gasteiger partial charge < -0.3 is 14.8 Å². The van der Waals surface area contributed by atoms with Crippen molar-refractivity contribution in [3.8, 4) is 11.5 Å². The van der Waals surface area contributed by atoms with E-state index in [2.05, 4.69) is 19.2 Å². The number of amides is 1. The molecular weight excluding hydrogens is 290 g/mol. The Morgan fingerprint density at radius 3 is 2.09 bits per heavy atom. The van der Waals surface area contributed by atoms with Crippen molar-refractivity contribution in [2.24, 2.45) is 0 Å². The first-order valence-corrected chi connectivity index (χ1v) is 7.79. The third-order valence-electron chi connectivity index (χ3n) is 3.88. The molecule has 0 fully saturated rings. The zero-order chi connectivity index (χ0) is 16.8. The molecule has 0 aromatic heterocycles. The van der Waals surface area contributed by atoms with Gasteiger partial charge in [-0.25, -0.2) is 0 Å². The van der Waals surface area contributed by atoms with Crippen LogP contribution in [0.3, 0.4) is 0 Å². The average molecular weight is 313 g/mol. The minimum atomic E-state index is -0.198. The maximum absolute atomic E-state index is 12.8. The minimum Gasteiger partial charge on any atom is -0.493 e. The molecule has 2 aromatic rings. The number of methoxy groups -OCH3 is 2. The molecule has 1 amide bonds.